The zero-order valence-electron chi connectivity index (χ0n) is 19.4. The molecule has 2 aliphatic rings. The Morgan fingerprint density at radius 2 is 1.85 bits per heavy atom. The molecule has 4 heterocycles. The van der Waals surface area contributed by atoms with Gasteiger partial charge in [-0.15, -0.1) is 0 Å². The highest BCUT2D eigenvalue weighted by Crippen LogP contribution is 2.33. The third kappa shape index (κ3) is 4.28. The molecule has 0 spiro atoms. The number of benzene rings is 1. The average Bonchev–Trinajstić information content (AvgIpc) is 3.48. The van der Waals surface area contributed by atoms with Gasteiger partial charge in [0, 0.05) is 50.2 Å². The predicted molar refractivity (Wildman–Crippen MR) is 128 cm³/mol. The molecule has 7 heteroatoms. The second-order valence-electron chi connectivity index (χ2n) is 9.43. The lowest BCUT2D eigenvalue weighted by Gasteiger charge is -2.36. The number of H-pyrrole nitrogens is 1. The molecule has 7 nitrogen and oxygen atoms in total. The van der Waals surface area contributed by atoms with E-state index >= 15 is 0 Å². The molecule has 2 aromatic heterocycles. The summed E-state index contributed by atoms with van der Waals surface area (Å²) < 4.78 is 2.13. The van der Waals surface area contributed by atoms with E-state index in [2.05, 4.69) is 33.1 Å². The zero-order valence-corrected chi connectivity index (χ0v) is 19.4. The highest BCUT2D eigenvalue weighted by Gasteiger charge is 2.33. The number of aromatic nitrogens is 3. The molecule has 33 heavy (non-hydrogen) atoms. The highest BCUT2D eigenvalue weighted by atomic mass is 16.2. The fourth-order valence-corrected chi connectivity index (χ4v) is 5.53. The predicted octanol–water partition coefficient (Wildman–Crippen LogP) is 4.21. The van der Waals surface area contributed by atoms with Gasteiger partial charge in [0.2, 0.25) is 5.91 Å². The molecule has 5 rings (SSSR count). The summed E-state index contributed by atoms with van der Waals surface area (Å²) in [5, 5.41) is 8.53. The van der Waals surface area contributed by atoms with Crippen molar-refractivity contribution in [3.63, 3.8) is 0 Å². The standard InChI is InChI=1S/C26H33N5O2/c1-29-18-19(20-9-3-4-10-22(20)29)12-13-24(32)31-16-8-5-11-23(31)25-21(17-27-28-25)26(33)30-14-6-2-7-15-30/h3-4,9-10,17-18,23H,2,5-8,11-16H2,1H3,(H,27,28)/t23-/m0/s1. The molecule has 2 amide bonds. The summed E-state index contributed by atoms with van der Waals surface area (Å²) in [5.74, 6) is 0.200. The van der Waals surface area contributed by atoms with Crippen LogP contribution < -0.4 is 0 Å². The monoisotopic (exact) mass is 447 g/mol. The van der Waals surface area contributed by atoms with E-state index in [0.29, 0.717) is 18.4 Å². The fourth-order valence-electron chi connectivity index (χ4n) is 5.53. The summed E-state index contributed by atoms with van der Waals surface area (Å²) in [4.78, 5) is 30.5. The topological polar surface area (TPSA) is 74.2 Å². The van der Waals surface area contributed by atoms with Gasteiger partial charge in [0.05, 0.1) is 23.5 Å². The summed E-state index contributed by atoms with van der Waals surface area (Å²) in [6.07, 6.45) is 11.2. The number of carbonyl (C=O) groups excluding carboxylic acids is 2. The minimum atomic E-state index is -0.106. The van der Waals surface area contributed by atoms with Gasteiger partial charge in [-0.3, -0.25) is 14.7 Å². The highest BCUT2D eigenvalue weighted by molar-refractivity contribution is 5.95. The molecule has 174 valence electrons. The first-order valence-corrected chi connectivity index (χ1v) is 12.3. The molecule has 0 unspecified atom stereocenters. The molecule has 2 aliphatic heterocycles. The van der Waals surface area contributed by atoms with Crippen molar-refractivity contribution in [1.29, 1.82) is 0 Å². The molecular formula is C26H33N5O2. The van der Waals surface area contributed by atoms with Crippen LogP contribution in [0.25, 0.3) is 10.9 Å². The number of hydrogen-bond acceptors (Lipinski definition) is 3. The minimum absolute atomic E-state index is 0.0483. The van der Waals surface area contributed by atoms with Crippen LogP contribution in [0.1, 0.15) is 72.6 Å². The molecule has 0 saturated carbocycles. The number of aryl methyl sites for hydroxylation is 2. The van der Waals surface area contributed by atoms with Crippen molar-refractivity contribution >= 4 is 22.7 Å². The number of nitrogens with one attached hydrogen (secondary N) is 1. The van der Waals surface area contributed by atoms with Gasteiger partial charge in [-0.25, -0.2) is 0 Å². The van der Waals surface area contributed by atoms with E-state index in [0.717, 1.165) is 57.4 Å². The van der Waals surface area contributed by atoms with Crippen LogP contribution in [0, 0.1) is 0 Å². The molecule has 0 aliphatic carbocycles. The van der Waals surface area contributed by atoms with Gasteiger partial charge >= 0.3 is 0 Å². The summed E-state index contributed by atoms with van der Waals surface area (Å²) in [7, 11) is 2.05. The Kier molecular flexibility index (Phi) is 6.20. The van der Waals surface area contributed by atoms with E-state index in [-0.39, 0.29) is 17.9 Å². The molecule has 2 fully saturated rings. The van der Waals surface area contributed by atoms with Gasteiger partial charge in [-0.1, -0.05) is 18.2 Å². The second-order valence-corrected chi connectivity index (χ2v) is 9.43. The summed E-state index contributed by atoms with van der Waals surface area (Å²) >= 11 is 0. The lowest BCUT2D eigenvalue weighted by atomic mass is 9.95. The maximum atomic E-state index is 13.4. The van der Waals surface area contributed by atoms with Crippen molar-refractivity contribution in [1.82, 2.24) is 24.6 Å². The number of carbonyl (C=O) groups is 2. The van der Waals surface area contributed by atoms with Crippen molar-refractivity contribution in [2.75, 3.05) is 19.6 Å². The van der Waals surface area contributed by atoms with Crippen LogP contribution in [0.2, 0.25) is 0 Å². The first-order chi connectivity index (χ1) is 16.1. The van der Waals surface area contributed by atoms with E-state index in [4.69, 9.17) is 0 Å². The number of nitrogens with zero attached hydrogens (tertiary/aromatic N) is 4. The fraction of sp³-hybridized carbons (Fsp3) is 0.500. The van der Waals surface area contributed by atoms with Gasteiger partial charge in [-0.05, 0) is 56.6 Å². The van der Waals surface area contributed by atoms with Crippen LogP contribution >= 0.6 is 0 Å². The maximum absolute atomic E-state index is 13.4. The number of amides is 2. The molecular weight excluding hydrogens is 414 g/mol. The molecule has 0 radical (unpaired) electrons. The van der Waals surface area contributed by atoms with E-state index in [1.807, 2.05) is 29.0 Å². The molecule has 3 aromatic rings. The summed E-state index contributed by atoms with van der Waals surface area (Å²) in [5.41, 5.74) is 3.84. The van der Waals surface area contributed by atoms with Crippen LogP contribution in [0.15, 0.2) is 36.7 Å². The van der Waals surface area contributed by atoms with E-state index in [1.54, 1.807) is 6.20 Å². The minimum Gasteiger partial charge on any atom is -0.350 e. The van der Waals surface area contributed by atoms with Crippen LogP contribution in [0.4, 0.5) is 0 Å². The third-order valence-corrected chi connectivity index (χ3v) is 7.29. The van der Waals surface area contributed by atoms with Crippen molar-refractivity contribution < 1.29 is 9.59 Å². The van der Waals surface area contributed by atoms with Crippen LogP contribution in [-0.2, 0) is 18.3 Å². The second kappa shape index (κ2) is 9.41. The Morgan fingerprint density at radius 3 is 2.70 bits per heavy atom. The van der Waals surface area contributed by atoms with Crippen molar-refractivity contribution in [2.24, 2.45) is 7.05 Å². The smallest absolute Gasteiger partial charge is 0.257 e. The number of para-hydroxylation sites is 1. The molecule has 1 N–H and O–H groups in total. The number of aromatic amines is 1. The Hall–Kier alpha value is -3.09. The Labute approximate surface area is 194 Å². The SMILES string of the molecule is Cn1cc(CCC(=O)N2CCCC[C@H]2c2[nH]ncc2C(=O)N2CCCCC2)c2ccccc21. The lowest BCUT2D eigenvalue weighted by molar-refractivity contribution is -0.135. The molecule has 2 saturated heterocycles. The first kappa shape index (κ1) is 21.7. The van der Waals surface area contributed by atoms with Gasteiger partial charge < -0.3 is 14.4 Å². The third-order valence-electron chi connectivity index (χ3n) is 7.29. The summed E-state index contributed by atoms with van der Waals surface area (Å²) in [6.45, 7) is 2.35. The van der Waals surface area contributed by atoms with Crippen molar-refractivity contribution in [3.05, 3.63) is 53.5 Å². The van der Waals surface area contributed by atoms with E-state index in [9.17, 15) is 9.59 Å². The van der Waals surface area contributed by atoms with Gasteiger partial charge in [-0.2, -0.15) is 5.10 Å². The molecule has 0 bridgehead atoms. The van der Waals surface area contributed by atoms with E-state index < -0.39 is 0 Å². The molecule has 1 atom stereocenters. The van der Waals surface area contributed by atoms with Crippen LogP contribution in [0.3, 0.4) is 0 Å². The number of fused-ring (bicyclic) bond motifs is 1. The van der Waals surface area contributed by atoms with Gasteiger partial charge in [0.15, 0.2) is 0 Å². The van der Waals surface area contributed by atoms with E-state index in [1.165, 1.54) is 22.9 Å². The normalized spacial score (nSPS) is 19.2. The Balaban J connectivity index is 1.32. The van der Waals surface area contributed by atoms with Crippen LogP contribution in [0.5, 0.6) is 0 Å². The van der Waals surface area contributed by atoms with Crippen molar-refractivity contribution in [3.8, 4) is 0 Å². The average molecular weight is 448 g/mol. The quantitative estimate of drug-likeness (QED) is 0.637. The Bertz CT molecular complexity index is 1140. The van der Waals surface area contributed by atoms with Crippen LogP contribution in [-0.4, -0.2) is 56.0 Å². The number of hydrogen-bond donors (Lipinski definition) is 1. The number of rotatable bonds is 5. The van der Waals surface area contributed by atoms with Crippen molar-refractivity contribution in [2.45, 2.75) is 57.4 Å². The maximum Gasteiger partial charge on any atom is 0.257 e. The first-order valence-electron chi connectivity index (χ1n) is 12.3. The van der Waals surface area contributed by atoms with Gasteiger partial charge in [0.25, 0.3) is 5.91 Å². The largest absolute Gasteiger partial charge is 0.350 e. The lowest BCUT2D eigenvalue weighted by Crippen LogP contribution is -2.40. The number of likely N-dealkylation sites (tertiary alicyclic amines) is 2. The zero-order chi connectivity index (χ0) is 22.8. The Morgan fingerprint density at radius 1 is 1.06 bits per heavy atom. The summed E-state index contributed by atoms with van der Waals surface area (Å²) in [6, 6.07) is 8.23. The number of piperidine rings is 2. The van der Waals surface area contributed by atoms with Gasteiger partial charge in [0.1, 0.15) is 0 Å². The molecule has 1 aromatic carbocycles.